The largest absolute Gasteiger partial charge is 0.300 e. The zero-order valence-electron chi connectivity index (χ0n) is 7.71. The van der Waals surface area contributed by atoms with Gasteiger partial charge in [-0.05, 0) is 24.1 Å². The van der Waals surface area contributed by atoms with E-state index >= 15 is 0 Å². The van der Waals surface area contributed by atoms with E-state index in [1.54, 1.807) is 24.3 Å². The van der Waals surface area contributed by atoms with E-state index in [2.05, 4.69) is 0 Å². The summed E-state index contributed by atoms with van der Waals surface area (Å²) in [4.78, 5) is 10.8. The second kappa shape index (κ2) is 4.65. The molecule has 0 saturated carbocycles. The summed E-state index contributed by atoms with van der Waals surface area (Å²) < 4.78 is 24.0. The third-order valence-corrected chi connectivity index (χ3v) is 1.77. The molecule has 0 atom stereocenters. The summed E-state index contributed by atoms with van der Waals surface area (Å²) in [5, 5.41) is 0. The predicted octanol–water partition coefficient (Wildman–Crippen LogP) is 2.92. The Balaban J connectivity index is 2.84. The van der Waals surface area contributed by atoms with Crippen LogP contribution >= 0.6 is 0 Å². The van der Waals surface area contributed by atoms with Gasteiger partial charge in [0.1, 0.15) is 0 Å². The number of hydrogen-bond donors (Lipinski definition) is 0. The second-order valence-corrected chi connectivity index (χ2v) is 2.90. The quantitative estimate of drug-likeness (QED) is 0.679. The highest BCUT2D eigenvalue weighted by Gasteiger charge is 2.16. The fourth-order valence-electron chi connectivity index (χ4n) is 1.04. The summed E-state index contributed by atoms with van der Waals surface area (Å²) in [5.74, 6) is -1.12. The van der Waals surface area contributed by atoms with Gasteiger partial charge in [-0.2, -0.15) is 0 Å². The minimum Gasteiger partial charge on any atom is -0.288 e. The first-order valence-corrected chi connectivity index (χ1v) is 4.17. The molecule has 0 aliphatic heterocycles. The van der Waals surface area contributed by atoms with Gasteiger partial charge in [0.15, 0.2) is 0 Å². The molecule has 1 aromatic carbocycles. The van der Waals surface area contributed by atoms with Gasteiger partial charge in [0, 0.05) is 0 Å². The predicted molar refractivity (Wildman–Crippen MR) is 51.1 cm³/mol. The highest BCUT2D eigenvalue weighted by molar-refractivity contribution is 6.00. The third-order valence-electron chi connectivity index (χ3n) is 1.77. The minimum absolute atomic E-state index is 0.0752. The summed E-state index contributed by atoms with van der Waals surface area (Å²) >= 11 is 0. The van der Waals surface area contributed by atoms with E-state index in [0.29, 0.717) is 0 Å². The van der Waals surface area contributed by atoms with E-state index in [9.17, 15) is 13.6 Å². The monoisotopic (exact) mass is 196 g/mol. The molecule has 1 nitrogen and oxygen atoms in total. The lowest BCUT2D eigenvalue weighted by atomic mass is 10.1. The molecule has 0 unspecified atom stereocenters. The molecule has 74 valence electrons. The van der Waals surface area contributed by atoms with Crippen LogP contribution < -0.4 is 0 Å². The summed E-state index contributed by atoms with van der Waals surface area (Å²) in [5.41, 5.74) is 0.824. The van der Waals surface area contributed by atoms with Gasteiger partial charge in [0.25, 0.3) is 6.43 Å². The van der Waals surface area contributed by atoms with Crippen molar-refractivity contribution >= 4 is 11.9 Å². The van der Waals surface area contributed by atoms with Gasteiger partial charge in [-0.3, -0.25) is 4.79 Å². The van der Waals surface area contributed by atoms with Crippen molar-refractivity contribution in [3.8, 4) is 0 Å². The number of alkyl halides is 2. The molecular weight excluding hydrogens is 186 g/mol. The summed E-state index contributed by atoms with van der Waals surface area (Å²) in [6.45, 7) is 1.39. The molecule has 0 aromatic heterocycles. The van der Waals surface area contributed by atoms with Crippen LogP contribution in [0.5, 0.6) is 0 Å². The van der Waals surface area contributed by atoms with Gasteiger partial charge in [-0.1, -0.05) is 30.3 Å². The van der Waals surface area contributed by atoms with Gasteiger partial charge < -0.3 is 0 Å². The topological polar surface area (TPSA) is 17.1 Å². The van der Waals surface area contributed by atoms with Crippen molar-refractivity contribution in [3.05, 3.63) is 41.5 Å². The number of carbonyl (C=O) groups excluding carboxylic acids is 1. The molecule has 0 aliphatic rings. The lowest BCUT2D eigenvalue weighted by molar-refractivity contribution is -0.125. The molecule has 0 amide bonds. The second-order valence-electron chi connectivity index (χ2n) is 2.90. The summed E-state index contributed by atoms with van der Waals surface area (Å²) in [7, 11) is 0. The summed E-state index contributed by atoms with van der Waals surface area (Å²) in [6, 6.07) is 8.89. The molecule has 1 rings (SSSR count). The van der Waals surface area contributed by atoms with Crippen molar-refractivity contribution < 1.29 is 13.6 Å². The van der Waals surface area contributed by atoms with Crippen LogP contribution in [0.3, 0.4) is 0 Å². The van der Waals surface area contributed by atoms with Crippen molar-refractivity contribution in [2.75, 3.05) is 0 Å². The van der Waals surface area contributed by atoms with Crippen LogP contribution in [-0.4, -0.2) is 12.2 Å². The van der Waals surface area contributed by atoms with Crippen LogP contribution in [-0.2, 0) is 4.79 Å². The number of halogens is 2. The van der Waals surface area contributed by atoms with Crippen molar-refractivity contribution in [3.63, 3.8) is 0 Å². The molecule has 0 spiro atoms. The number of benzene rings is 1. The molecule has 3 heteroatoms. The highest BCUT2D eigenvalue weighted by atomic mass is 19.3. The highest BCUT2D eigenvalue weighted by Crippen LogP contribution is 2.10. The minimum atomic E-state index is -2.92. The van der Waals surface area contributed by atoms with E-state index in [4.69, 9.17) is 0 Å². The van der Waals surface area contributed by atoms with Crippen LogP contribution in [0, 0.1) is 0 Å². The van der Waals surface area contributed by atoms with E-state index in [-0.39, 0.29) is 5.57 Å². The Kier molecular flexibility index (Phi) is 3.51. The first-order chi connectivity index (χ1) is 6.61. The Bertz CT molecular complexity index is 342. The van der Waals surface area contributed by atoms with Crippen molar-refractivity contribution in [2.24, 2.45) is 0 Å². The van der Waals surface area contributed by atoms with Crippen LogP contribution in [0.2, 0.25) is 0 Å². The molecule has 14 heavy (non-hydrogen) atoms. The van der Waals surface area contributed by atoms with Gasteiger partial charge in [0.2, 0.25) is 5.78 Å². The average Bonchev–Trinajstić information content (AvgIpc) is 2.18. The number of Topliss-reactive ketones (excluding diaryl/α,β-unsaturated/α-hetero) is 1. The fourth-order valence-corrected chi connectivity index (χ4v) is 1.04. The fraction of sp³-hybridized carbons (Fsp3) is 0.182. The third kappa shape index (κ3) is 2.76. The Labute approximate surface area is 81.1 Å². The molecule has 0 aliphatic carbocycles. The van der Waals surface area contributed by atoms with Crippen LogP contribution in [0.4, 0.5) is 8.78 Å². The van der Waals surface area contributed by atoms with Gasteiger partial charge in [-0.25, -0.2) is 8.78 Å². The van der Waals surface area contributed by atoms with E-state index in [0.717, 1.165) is 5.56 Å². The molecule has 0 fully saturated rings. The molecular formula is C11H10F2O. The molecule has 1 aromatic rings. The van der Waals surface area contributed by atoms with Gasteiger partial charge in [0.05, 0.1) is 0 Å². The Morgan fingerprint density at radius 1 is 1.29 bits per heavy atom. The standard InChI is InChI=1S/C11H10F2O/c1-8(10(14)11(12)13)7-9-5-3-2-4-6-9/h2-7,11H,1H3/b8-7+. The number of ketones is 1. The maximum atomic E-state index is 12.0. The Morgan fingerprint density at radius 3 is 2.36 bits per heavy atom. The SMILES string of the molecule is C/C(=C\c1ccccc1)C(=O)C(F)F. The number of carbonyl (C=O) groups is 1. The average molecular weight is 196 g/mol. The maximum absolute atomic E-state index is 12.0. The molecule has 0 N–H and O–H groups in total. The smallest absolute Gasteiger partial charge is 0.288 e. The first kappa shape index (κ1) is 10.6. The zero-order valence-corrected chi connectivity index (χ0v) is 7.71. The lowest BCUT2D eigenvalue weighted by Gasteiger charge is -1.99. The summed E-state index contributed by atoms with van der Waals surface area (Å²) in [6.07, 6.45) is -1.47. The first-order valence-electron chi connectivity index (χ1n) is 4.17. The number of allylic oxidation sites excluding steroid dienone is 1. The Morgan fingerprint density at radius 2 is 1.86 bits per heavy atom. The van der Waals surface area contributed by atoms with Gasteiger partial charge in [-0.15, -0.1) is 0 Å². The number of rotatable bonds is 3. The van der Waals surface area contributed by atoms with Crippen LogP contribution in [0.1, 0.15) is 12.5 Å². The van der Waals surface area contributed by atoms with E-state index < -0.39 is 12.2 Å². The molecule has 0 heterocycles. The van der Waals surface area contributed by atoms with Crippen molar-refractivity contribution in [1.82, 2.24) is 0 Å². The van der Waals surface area contributed by atoms with Crippen LogP contribution in [0.15, 0.2) is 35.9 Å². The molecule has 0 saturated heterocycles. The van der Waals surface area contributed by atoms with E-state index in [1.807, 2.05) is 6.07 Å². The maximum Gasteiger partial charge on any atom is 0.300 e. The van der Waals surface area contributed by atoms with Crippen molar-refractivity contribution in [2.45, 2.75) is 13.3 Å². The Hall–Kier alpha value is -1.51. The molecule has 0 radical (unpaired) electrons. The van der Waals surface area contributed by atoms with Crippen LogP contribution in [0.25, 0.3) is 6.08 Å². The normalized spacial score (nSPS) is 11.9. The molecule has 0 bridgehead atoms. The number of hydrogen-bond acceptors (Lipinski definition) is 1. The van der Waals surface area contributed by atoms with Crippen molar-refractivity contribution in [1.29, 1.82) is 0 Å². The van der Waals surface area contributed by atoms with E-state index in [1.165, 1.54) is 13.0 Å². The zero-order chi connectivity index (χ0) is 10.6. The lowest BCUT2D eigenvalue weighted by Crippen LogP contribution is -2.10. The van der Waals surface area contributed by atoms with Gasteiger partial charge >= 0.3 is 0 Å².